The topological polar surface area (TPSA) is 37.3 Å². The lowest BCUT2D eigenvalue weighted by Gasteiger charge is -2.05. The molecule has 2 nitrogen and oxygen atoms in total. The standard InChI is InChI=1S/C18H18F2O2/c19-16-10-9-15(12-17(16)20)13-5-7-14(8-6-13)18(22)4-2-1-3-11-21/h5-10,12,21H,1-4,11H2. The van der Waals surface area contributed by atoms with Crippen LogP contribution in [0.3, 0.4) is 0 Å². The van der Waals surface area contributed by atoms with Gasteiger partial charge < -0.3 is 5.11 Å². The molecular formula is C18H18F2O2. The summed E-state index contributed by atoms with van der Waals surface area (Å²) >= 11 is 0. The van der Waals surface area contributed by atoms with Crippen LogP contribution in [0.15, 0.2) is 42.5 Å². The number of ketones is 1. The summed E-state index contributed by atoms with van der Waals surface area (Å²) < 4.78 is 26.1. The number of aliphatic hydroxyl groups is 1. The van der Waals surface area contributed by atoms with Gasteiger partial charge in [0.2, 0.25) is 0 Å². The predicted octanol–water partition coefficient (Wildman–Crippen LogP) is 4.37. The summed E-state index contributed by atoms with van der Waals surface area (Å²) in [5.74, 6) is -1.71. The molecule has 0 aromatic heterocycles. The molecule has 0 unspecified atom stereocenters. The molecule has 0 atom stereocenters. The number of carbonyl (C=O) groups is 1. The number of rotatable bonds is 7. The molecule has 0 aliphatic carbocycles. The Hall–Kier alpha value is -2.07. The Morgan fingerprint density at radius 1 is 0.864 bits per heavy atom. The quantitative estimate of drug-likeness (QED) is 0.609. The molecule has 22 heavy (non-hydrogen) atoms. The van der Waals surface area contributed by atoms with Crippen LogP contribution >= 0.6 is 0 Å². The van der Waals surface area contributed by atoms with Gasteiger partial charge >= 0.3 is 0 Å². The molecule has 2 rings (SSSR count). The lowest BCUT2D eigenvalue weighted by molar-refractivity contribution is 0.0978. The van der Waals surface area contributed by atoms with Gasteiger partial charge in [0.1, 0.15) is 0 Å². The molecule has 0 saturated heterocycles. The fourth-order valence-corrected chi connectivity index (χ4v) is 2.24. The van der Waals surface area contributed by atoms with Gasteiger partial charge in [0.05, 0.1) is 0 Å². The zero-order valence-electron chi connectivity index (χ0n) is 12.2. The van der Waals surface area contributed by atoms with E-state index in [4.69, 9.17) is 5.11 Å². The second kappa shape index (κ2) is 7.80. The zero-order valence-corrected chi connectivity index (χ0v) is 12.2. The van der Waals surface area contributed by atoms with Gasteiger partial charge in [-0.3, -0.25) is 4.79 Å². The second-order valence-electron chi connectivity index (χ2n) is 5.16. The van der Waals surface area contributed by atoms with Gasteiger partial charge in [-0.25, -0.2) is 8.78 Å². The molecule has 2 aromatic rings. The molecule has 0 saturated carbocycles. The fraction of sp³-hybridized carbons (Fsp3) is 0.278. The molecule has 0 heterocycles. The number of halogens is 2. The van der Waals surface area contributed by atoms with Crippen molar-refractivity contribution in [3.8, 4) is 11.1 Å². The van der Waals surface area contributed by atoms with Crippen molar-refractivity contribution in [1.82, 2.24) is 0 Å². The second-order valence-corrected chi connectivity index (χ2v) is 5.16. The third-order valence-corrected chi connectivity index (χ3v) is 3.52. The molecule has 0 spiro atoms. The highest BCUT2D eigenvalue weighted by molar-refractivity contribution is 5.96. The Bertz CT molecular complexity index is 636. The number of aliphatic hydroxyl groups excluding tert-OH is 1. The summed E-state index contributed by atoms with van der Waals surface area (Å²) in [5, 5.41) is 8.69. The first-order valence-corrected chi connectivity index (χ1v) is 7.31. The minimum absolute atomic E-state index is 0.0507. The molecule has 0 fully saturated rings. The monoisotopic (exact) mass is 304 g/mol. The molecule has 0 aliphatic rings. The van der Waals surface area contributed by atoms with Gasteiger partial charge in [-0.05, 0) is 36.1 Å². The summed E-state index contributed by atoms with van der Waals surface area (Å²) in [6.45, 7) is 0.150. The normalized spacial score (nSPS) is 10.7. The highest BCUT2D eigenvalue weighted by Crippen LogP contribution is 2.22. The van der Waals surface area contributed by atoms with E-state index >= 15 is 0 Å². The minimum Gasteiger partial charge on any atom is -0.396 e. The number of hydrogen-bond acceptors (Lipinski definition) is 2. The lowest BCUT2D eigenvalue weighted by atomic mass is 10.00. The third kappa shape index (κ3) is 4.21. The van der Waals surface area contributed by atoms with Crippen LogP contribution in [0.4, 0.5) is 8.78 Å². The summed E-state index contributed by atoms with van der Waals surface area (Å²) in [4.78, 5) is 12.0. The largest absolute Gasteiger partial charge is 0.396 e. The van der Waals surface area contributed by atoms with Crippen LogP contribution in [0.2, 0.25) is 0 Å². The van der Waals surface area contributed by atoms with Gasteiger partial charge in [0.25, 0.3) is 0 Å². The maximum absolute atomic E-state index is 13.2. The molecule has 0 radical (unpaired) electrons. The van der Waals surface area contributed by atoms with Crippen LogP contribution in [-0.2, 0) is 0 Å². The van der Waals surface area contributed by atoms with E-state index in [2.05, 4.69) is 0 Å². The van der Waals surface area contributed by atoms with Gasteiger partial charge in [-0.1, -0.05) is 36.8 Å². The van der Waals surface area contributed by atoms with E-state index < -0.39 is 11.6 Å². The van der Waals surface area contributed by atoms with Crippen LogP contribution in [0.1, 0.15) is 36.0 Å². The minimum atomic E-state index is -0.887. The van der Waals surface area contributed by atoms with Crippen LogP contribution < -0.4 is 0 Å². The molecule has 0 bridgehead atoms. The van der Waals surface area contributed by atoms with Crippen molar-refractivity contribution in [1.29, 1.82) is 0 Å². The Balaban J connectivity index is 2.03. The Morgan fingerprint density at radius 2 is 1.55 bits per heavy atom. The van der Waals surface area contributed by atoms with E-state index in [0.717, 1.165) is 30.5 Å². The molecule has 4 heteroatoms. The molecule has 0 aliphatic heterocycles. The van der Waals surface area contributed by atoms with E-state index in [-0.39, 0.29) is 12.4 Å². The van der Waals surface area contributed by atoms with Crippen LogP contribution in [0, 0.1) is 11.6 Å². The molecule has 1 N–H and O–H groups in total. The third-order valence-electron chi connectivity index (χ3n) is 3.52. The first-order valence-electron chi connectivity index (χ1n) is 7.31. The Labute approximate surface area is 128 Å². The van der Waals surface area contributed by atoms with E-state index in [1.54, 1.807) is 24.3 Å². The number of Topliss-reactive ketones (excluding diaryl/α,β-unsaturated/α-hetero) is 1. The summed E-state index contributed by atoms with van der Waals surface area (Å²) in [6, 6.07) is 10.6. The average Bonchev–Trinajstić information content (AvgIpc) is 2.54. The van der Waals surface area contributed by atoms with Crippen molar-refractivity contribution >= 4 is 5.78 Å². The van der Waals surface area contributed by atoms with E-state index in [0.29, 0.717) is 24.0 Å². The van der Waals surface area contributed by atoms with Crippen molar-refractivity contribution in [2.75, 3.05) is 6.61 Å². The van der Waals surface area contributed by atoms with E-state index in [9.17, 15) is 13.6 Å². The van der Waals surface area contributed by atoms with Crippen LogP contribution in [0.25, 0.3) is 11.1 Å². The highest BCUT2D eigenvalue weighted by Gasteiger charge is 2.08. The van der Waals surface area contributed by atoms with Crippen LogP contribution in [-0.4, -0.2) is 17.5 Å². The number of hydrogen-bond donors (Lipinski definition) is 1. The molecule has 2 aromatic carbocycles. The molecule has 0 amide bonds. The first kappa shape index (κ1) is 16.3. The fourth-order valence-electron chi connectivity index (χ4n) is 2.24. The molecular weight excluding hydrogens is 286 g/mol. The smallest absolute Gasteiger partial charge is 0.162 e. The first-order chi connectivity index (χ1) is 10.6. The van der Waals surface area contributed by atoms with Crippen molar-refractivity contribution < 1.29 is 18.7 Å². The van der Waals surface area contributed by atoms with E-state index in [1.165, 1.54) is 6.07 Å². The van der Waals surface area contributed by atoms with Crippen molar-refractivity contribution in [2.45, 2.75) is 25.7 Å². The van der Waals surface area contributed by atoms with Crippen molar-refractivity contribution in [3.63, 3.8) is 0 Å². The van der Waals surface area contributed by atoms with Gasteiger partial charge in [-0.15, -0.1) is 0 Å². The van der Waals surface area contributed by atoms with E-state index in [1.807, 2.05) is 0 Å². The number of carbonyl (C=O) groups excluding carboxylic acids is 1. The maximum Gasteiger partial charge on any atom is 0.162 e. The van der Waals surface area contributed by atoms with Crippen LogP contribution in [0.5, 0.6) is 0 Å². The number of benzene rings is 2. The Kier molecular flexibility index (Phi) is 5.78. The highest BCUT2D eigenvalue weighted by atomic mass is 19.2. The van der Waals surface area contributed by atoms with Crippen molar-refractivity contribution in [2.24, 2.45) is 0 Å². The van der Waals surface area contributed by atoms with Gasteiger partial charge in [0.15, 0.2) is 17.4 Å². The summed E-state index contributed by atoms with van der Waals surface area (Å²) in [7, 11) is 0. The summed E-state index contributed by atoms with van der Waals surface area (Å²) in [5.41, 5.74) is 1.91. The SMILES string of the molecule is O=C(CCCCCO)c1ccc(-c2ccc(F)c(F)c2)cc1. The lowest BCUT2D eigenvalue weighted by Crippen LogP contribution is -1.99. The zero-order chi connectivity index (χ0) is 15.9. The molecule has 116 valence electrons. The van der Waals surface area contributed by atoms with Gasteiger partial charge in [0, 0.05) is 18.6 Å². The Morgan fingerprint density at radius 3 is 2.18 bits per heavy atom. The average molecular weight is 304 g/mol. The predicted molar refractivity (Wildman–Crippen MR) is 81.7 cm³/mol. The summed E-state index contributed by atoms with van der Waals surface area (Å²) in [6.07, 6.45) is 2.74. The van der Waals surface area contributed by atoms with Gasteiger partial charge in [-0.2, -0.15) is 0 Å². The number of unbranched alkanes of at least 4 members (excludes halogenated alkanes) is 2. The van der Waals surface area contributed by atoms with Crippen molar-refractivity contribution in [3.05, 3.63) is 59.7 Å². The maximum atomic E-state index is 13.2.